The predicted molar refractivity (Wildman–Crippen MR) is 104 cm³/mol. The summed E-state index contributed by atoms with van der Waals surface area (Å²) < 4.78 is 16.1. The Balaban J connectivity index is 1.88. The van der Waals surface area contributed by atoms with Gasteiger partial charge in [-0.25, -0.2) is 4.98 Å². The second-order valence-corrected chi connectivity index (χ2v) is 5.61. The molecule has 6 nitrogen and oxygen atoms in total. The van der Waals surface area contributed by atoms with Crippen molar-refractivity contribution in [3.8, 4) is 17.2 Å². The number of para-hydroxylation sites is 1. The van der Waals surface area contributed by atoms with Gasteiger partial charge in [0, 0.05) is 10.9 Å². The van der Waals surface area contributed by atoms with Crippen LogP contribution in [0.3, 0.4) is 0 Å². The zero-order chi connectivity index (χ0) is 18.5. The highest BCUT2D eigenvalue weighted by atomic mass is 16.5. The van der Waals surface area contributed by atoms with Crippen LogP contribution in [0.1, 0.15) is 12.5 Å². The normalized spacial score (nSPS) is 11.3. The second-order valence-electron chi connectivity index (χ2n) is 5.61. The van der Waals surface area contributed by atoms with E-state index in [-0.39, 0.29) is 0 Å². The molecule has 0 bridgehead atoms. The summed E-state index contributed by atoms with van der Waals surface area (Å²) in [5.74, 6) is 2.40. The van der Waals surface area contributed by atoms with Gasteiger partial charge in [-0.15, -0.1) is 0 Å². The fourth-order valence-corrected chi connectivity index (χ4v) is 2.62. The third-order valence-electron chi connectivity index (χ3n) is 4.02. The quantitative estimate of drug-likeness (QED) is 0.535. The molecule has 6 heteroatoms. The molecule has 0 aliphatic heterocycles. The molecule has 26 heavy (non-hydrogen) atoms. The van der Waals surface area contributed by atoms with Gasteiger partial charge in [-0.1, -0.05) is 18.2 Å². The van der Waals surface area contributed by atoms with Crippen LogP contribution in [0.5, 0.6) is 17.2 Å². The van der Waals surface area contributed by atoms with Gasteiger partial charge in [-0.2, -0.15) is 5.10 Å². The SMILES string of the molecule is COc1cc(C(C)=NNc2ccc3ccccc3n2)cc(OC)c1OC. The van der Waals surface area contributed by atoms with E-state index in [0.29, 0.717) is 23.1 Å². The van der Waals surface area contributed by atoms with Gasteiger partial charge >= 0.3 is 0 Å². The molecule has 1 aromatic heterocycles. The van der Waals surface area contributed by atoms with Crippen molar-refractivity contribution in [2.24, 2.45) is 5.10 Å². The van der Waals surface area contributed by atoms with Crippen molar-refractivity contribution in [3.63, 3.8) is 0 Å². The first-order valence-electron chi connectivity index (χ1n) is 8.12. The van der Waals surface area contributed by atoms with Crippen LogP contribution in [0, 0.1) is 0 Å². The summed E-state index contributed by atoms with van der Waals surface area (Å²) in [6.45, 7) is 1.90. The molecule has 134 valence electrons. The molecule has 1 heterocycles. The molecule has 0 unspecified atom stereocenters. The summed E-state index contributed by atoms with van der Waals surface area (Å²) in [6, 6.07) is 15.6. The summed E-state index contributed by atoms with van der Waals surface area (Å²) in [4.78, 5) is 4.55. The number of hydrogen-bond donors (Lipinski definition) is 1. The molecule has 0 radical (unpaired) electrons. The Morgan fingerprint density at radius 2 is 1.62 bits per heavy atom. The van der Waals surface area contributed by atoms with E-state index in [0.717, 1.165) is 22.2 Å². The number of nitrogens with one attached hydrogen (secondary N) is 1. The minimum absolute atomic E-state index is 0.552. The van der Waals surface area contributed by atoms with Crippen LogP contribution in [0.4, 0.5) is 5.82 Å². The summed E-state index contributed by atoms with van der Waals surface area (Å²) in [6.07, 6.45) is 0. The number of methoxy groups -OCH3 is 3. The van der Waals surface area contributed by atoms with Gasteiger partial charge < -0.3 is 14.2 Å². The van der Waals surface area contributed by atoms with E-state index >= 15 is 0 Å². The minimum Gasteiger partial charge on any atom is -0.493 e. The third-order valence-corrected chi connectivity index (χ3v) is 4.02. The molecular formula is C20H21N3O3. The van der Waals surface area contributed by atoms with E-state index < -0.39 is 0 Å². The van der Waals surface area contributed by atoms with Gasteiger partial charge in [-0.05, 0) is 37.3 Å². The Bertz CT molecular complexity index is 929. The smallest absolute Gasteiger partial charge is 0.203 e. The second kappa shape index (κ2) is 7.74. The molecular weight excluding hydrogens is 330 g/mol. The van der Waals surface area contributed by atoms with Gasteiger partial charge in [-0.3, -0.25) is 5.43 Å². The lowest BCUT2D eigenvalue weighted by atomic mass is 10.1. The largest absolute Gasteiger partial charge is 0.493 e. The number of anilines is 1. The molecule has 0 saturated carbocycles. The van der Waals surface area contributed by atoms with Crippen LogP contribution in [-0.4, -0.2) is 32.0 Å². The van der Waals surface area contributed by atoms with Gasteiger partial charge in [0.15, 0.2) is 11.5 Å². The predicted octanol–water partition coefficient (Wildman–Crippen LogP) is 4.10. The highest BCUT2D eigenvalue weighted by Crippen LogP contribution is 2.38. The summed E-state index contributed by atoms with van der Waals surface area (Å²) in [5, 5.41) is 5.52. The average Bonchev–Trinajstić information content (AvgIpc) is 2.70. The molecule has 0 fully saturated rings. The van der Waals surface area contributed by atoms with E-state index in [4.69, 9.17) is 14.2 Å². The molecule has 3 aromatic rings. The van der Waals surface area contributed by atoms with Gasteiger partial charge in [0.05, 0.1) is 32.6 Å². The van der Waals surface area contributed by atoms with Crippen molar-refractivity contribution < 1.29 is 14.2 Å². The maximum atomic E-state index is 5.39. The first-order valence-corrected chi connectivity index (χ1v) is 8.12. The van der Waals surface area contributed by atoms with Crippen molar-refractivity contribution in [2.75, 3.05) is 26.8 Å². The van der Waals surface area contributed by atoms with Crippen molar-refractivity contribution in [1.29, 1.82) is 0 Å². The number of fused-ring (bicyclic) bond motifs is 1. The first-order chi connectivity index (χ1) is 12.7. The van der Waals surface area contributed by atoms with Gasteiger partial charge in [0.1, 0.15) is 5.82 Å². The Morgan fingerprint density at radius 3 is 2.27 bits per heavy atom. The fourth-order valence-electron chi connectivity index (χ4n) is 2.62. The van der Waals surface area contributed by atoms with Gasteiger partial charge in [0.25, 0.3) is 0 Å². The number of rotatable bonds is 6. The van der Waals surface area contributed by atoms with Crippen LogP contribution in [0.15, 0.2) is 53.6 Å². The van der Waals surface area contributed by atoms with Crippen LogP contribution >= 0.6 is 0 Å². The molecule has 3 rings (SSSR count). The Kier molecular flexibility index (Phi) is 5.22. The van der Waals surface area contributed by atoms with E-state index in [1.807, 2.05) is 55.5 Å². The number of hydrogen-bond acceptors (Lipinski definition) is 6. The molecule has 0 saturated heterocycles. The zero-order valence-electron chi connectivity index (χ0n) is 15.2. The van der Waals surface area contributed by atoms with Crippen molar-refractivity contribution in [3.05, 3.63) is 54.1 Å². The highest BCUT2D eigenvalue weighted by Gasteiger charge is 2.14. The highest BCUT2D eigenvalue weighted by molar-refractivity contribution is 6.00. The standard InChI is InChI=1S/C20H21N3O3/c1-13(15-11-17(24-2)20(26-4)18(12-15)25-3)22-23-19-10-9-14-7-5-6-8-16(14)21-19/h5-12H,1-4H3,(H,21,23). The van der Waals surface area contributed by atoms with Crippen LogP contribution in [-0.2, 0) is 0 Å². The lowest BCUT2D eigenvalue weighted by Crippen LogP contribution is -2.03. The van der Waals surface area contributed by atoms with E-state index in [1.165, 1.54) is 0 Å². The van der Waals surface area contributed by atoms with Crippen LogP contribution in [0.25, 0.3) is 10.9 Å². The molecule has 2 aromatic carbocycles. The first kappa shape index (κ1) is 17.5. The summed E-state index contributed by atoms with van der Waals surface area (Å²) in [5.41, 5.74) is 5.54. The lowest BCUT2D eigenvalue weighted by molar-refractivity contribution is 0.324. The molecule has 0 amide bonds. The molecule has 1 N–H and O–H groups in total. The van der Waals surface area contributed by atoms with Crippen molar-refractivity contribution in [1.82, 2.24) is 4.98 Å². The van der Waals surface area contributed by atoms with Crippen molar-refractivity contribution >= 4 is 22.4 Å². The topological polar surface area (TPSA) is 65.0 Å². The lowest BCUT2D eigenvalue weighted by Gasteiger charge is -2.14. The van der Waals surface area contributed by atoms with E-state index in [1.54, 1.807) is 21.3 Å². The number of ether oxygens (including phenoxy) is 3. The van der Waals surface area contributed by atoms with Crippen LogP contribution < -0.4 is 19.6 Å². The number of benzene rings is 2. The van der Waals surface area contributed by atoms with Crippen molar-refractivity contribution in [2.45, 2.75) is 6.92 Å². The average molecular weight is 351 g/mol. The molecule has 0 atom stereocenters. The van der Waals surface area contributed by atoms with Crippen LogP contribution in [0.2, 0.25) is 0 Å². The monoisotopic (exact) mass is 351 g/mol. The number of nitrogens with zero attached hydrogens (tertiary/aromatic N) is 2. The third kappa shape index (κ3) is 3.54. The number of aromatic nitrogens is 1. The minimum atomic E-state index is 0.552. The summed E-state index contributed by atoms with van der Waals surface area (Å²) in [7, 11) is 4.75. The van der Waals surface area contributed by atoms with Gasteiger partial charge in [0.2, 0.25) is 5.75 Å². The maximum absolute atomic E-state index is 5.39. The Labute approximate surface area is 152 Å². The number of pyridine rings is 1. The zero-order valence-corrected chi connectivity index (χ0v) is 15.2. The molecule has 0 aliphatic rings. The Hall–Kier alpha value is -3.28. The molecule has 0 aliphatic carbocycles. The Morgan fingerprint density at radius 1 is 0.923 bits per heavy atom. The number of hydrazone groups is 1. The van der Waals surface area contributed by atoms with E-state index in [2.05, 4.69) is 15.5 Å². The molecule has 0 spiro atoms. The fraction of sp³-hybridized carbons (Fsp3) is 0.200. The van der Waals surface area contributed by atoms with E-state index in [9.17, 15) is 0 Å². The maximum Gasteiger partial charge on any atom is 0.203 e. The summed E-state index contributed by atoms with van der Waals surface area (Å²) >= 11 is 0.